The summed E-state index contributed by atoms with van der Waals surface area (Å²) in [5.74, 6) is -0.145. The van der Waals surface area contributed by atoms with E-state index in [0.717, 1.165) is 19.6 Å². The molecule has 1 amide bonds. The summed E-state index contributed by atoms with van der Waals surface area (Å²) in [5.41, 5.74) is 5.47. The van der Waals surface area contributed by atoms with Crippen LogP contribution in [0.25, 0.3) is 0 Å². The van der Waals surface area contributed by atoms with Crippen molar-refractivity contribution in [1.29, 1.82) is 0 Å². The number of rotatable bonds is 9. The maximum Gasteiger partial charge on any atom is 0.271 e. The fraction of sp³-hybridized carbons (Fsp3) is 0.615. The molecular weight excluding hydrogens is 258 g/mol. The molecule has 112 valence electrons. The van der Waals surface area contributed by atoms with Gasteiger partial charge in [0.25, 0.3) is 5.91 Å². The summed E-state index contributed by atoms with van der Waals surface area (Å²) in [6.07, 6.45) is 2.90. The average Bonchev–Trinajstić information content (AvgIpc) is 2.84. The number of amides is 1. The van der Waals surface area contributed by atoms with E-state index in [-0.39, 0.29) is 5.69 Å². The standard InChI is InChI=1S/C13H23N5O2/c1-4-17(5-2)7-8-18-9-15-11(12(14)19)13(18)16-10-20-6-3/h9-10H,4-8H2,1-3H3,(H2,14,19)/b16-10+. The molecule has 20 heavy (non-hydrogen) atoms. The van der Waals surface area contributed by atoms with Gasteiger partial charge in [-0.2, -0.15) is 0 Å². The van der Waals surface area contributed by atoms with Crippen LogP contribution in [0.4, 0.5) is 5.82 Å². The fourth-order valence-electron chi connectivity index (χ4n) is 1.80. The lowest BCUT2D eigenvalue weighted by Crippen LogP contribution is -2.26. The quantitative estimate of drug-likeness (QED) is 0.541. The normalized spacial score (nSPS) is 11.4. The van der Waals surface area contributed by atoms with E-state index < -0.39 is 5.91 Å². The number of hydrogen-bond donors (Lipinski definition) is 1. The van der Waals surface area contributed by atoms with Crippen molar-refractivity contribution in [3.8, 4) is 0 Å². The molecule has 0 radical (unpaired) electrons. The van der Waals surface area contributed by atoms with Crippen LogP contribution >= 0.6 is 0 Å². The predicted molar refractivity (Wildman–Crippen MR) is 78.3 cm³/mol. The topological polar surface area (TPSA) is 85.7 Å². The average molecular weight is 281 g/mol. The lowest BCUT2D eigenvalue weighted by Gasteiger charge is -2.18. The number of primary amides is 1. The van der Waals surface area contributed by atoms with Gasteiger partial charge in [0.1, 0.15) is 0 Å². The van der Waals surface area contributed by atoms with E-state index in [9.17, 15) is 4.79 Å². The maximum atomic E-state index is 11.3. The first-order valence-electron chi connectivity index (χ1n) is 6.85. The Morgan fingerprint density at radius 3 is 2.75 bits per heavy atom. The maximum absolute atomic E-state index is 11.3. The summed E-state index contributed by atoms with van der Waals surface area (Å²) < 4.78 is 6.88. The van der Waals surface area contributed by atoms with Crippen LogP contribution in [-0.4, -0.2) is 53.0 Å². The highest BCUT2D eigenvalue weighted by Crippen LogP contribution is 2.17. The summed E-state index contributed by atoms with van der Waals surface area (Å²) in [5, 5.41) is 0. The van der Waals surface area contributed by atoms with Gasteiger partial charge in [-0.1, -0.05) is 13.8 Å². The van der Waals surface area contributed by atoms with Crippen LogP contribution in [-0.2, 0) is 11.3 Å². The summed E-state index contributed by atoms with van der Waals surface area (Å²) in [6, 6.07) is 0. The van der Waals surface area contributed by atoms with Crippen LogP contribution in [0.5, 0.6) is 0 Å². The molecule has 0 saturated carbocycles. The third-order valence-corrected chi connectivity index (χ3v) is 3.01. The highest BCUT2D eigenvalue weighted by Gasteiger charge is 2.15. The lowest BCUT2D eigenvalue weighted by molar-refractivity contribution is 0.0996. The molecule has 0 atom stereocenters. The molecule has 0 aliphatic rings. The largest absolute Gasteiger partial charge is 0.483 e. The van der Waals surface area contributed by atoms with Crippen LogP contribution in [0.1, 0.15) is 31.3 Å². The molecule has 1 aromatic heterocycles. The number of hydrogen-bond acceptors (Lipinski definition) is 5. The number of nitrogens with zero attached hydrogens (tertiary/aromatic N) is 4. The number of ether oxygens (including phenoxy) is 1. The summed E-state index contributed by atoms with van der Waals surface area (Å²) in [6.45, 7) is 10.1. The highest BCUT2D eigenvalue weighted by molar-refractivity contribution is 5.95. The van der Waals surface area contributed by atoms with Gasteiger partial charge < -0.3 is 19.9 Å². The van der Waals surface area contributed by atoms with Gasteiger partial charge in [-0.15, -0.1) is 0 Å². The second kappa shape index (κ2) is 8.31. The molecule has 0 aliphatic heterocycles. The molecule has 1 rings (SSSR count). The van der Waals surface area contributed by atoms with Gasteiger partial charge in [0.05, 0.1) is 12.9 Å². The van der Waals surface area contributed by atoms with Crippen molar-refractivity contribution < 1.29 is 9.53 Å². The van der Waals surface area contributed by atoms with Crippen molar-refractivity contribution in [2.75, 3.05) is 26.2 Å². The zero-order valence-corrected chi connectivity index (χ0v) is 12.4. The number of likely N-dealkylation sites (N-methyl/N-ethyl adjacent to an activating group) is 1. The molecule has 0 spiro atoms. The number of aromatic nitrogens is 2. The summed E-state index contributed by atoms with van der Waals surface area (Å²) >= 11 is 0. The monoisotopic (exact) mass is 281 g/mol. The minimum atomic E-state index is -0.588. The third-order valence-electron chi connectivity index (χ3n) is 3.01. The van der Waals surface area contributed by atoms with Gasteiger partial charge in [-0.05, 0) is 20.0 Å². The Hall–Kier alpha value is -1.89. The minimum Gasteiger partial charge on any atom is -0.483 e. The zero-order valence-electron chi connectivity index (χ0n) is 12.4. The van der Waals surface area contributed by atoms with E-state index in [1.165, 1.54) is 6.40 Å². The molecule has 0 unspecified atom stereocenters. The summed E-state index contributed by atoms with van der Waals surface area (Å²) in [7, 11) is 0. The van der Waals surface area contributed by atoms with E-state index in [4.69, 9.17) is 10.5 Å². The van der Waals surface area contributed by atoms with Gasteiger partial charge in [0, 0.05) is 13.1 Å². The van der Waals surface area contributed by atoms with Crippen molar-refractivity contribution >= 4 is 18.1 Å². The molecule has 0 aromatic carbocycles. The van der Waals surface area contributed by atoms with E-state index in [1.54, 1.807) is 6.33 Å². The molecule has 0 saturated heterocycles. The van der Waals surface area contributed by atoms with Crippen molar-refractivity contribution in [3.63, 3.8) is 0 Å². The van der Waals surface area contributed by atoms with Crippen molar-refractivity contribution in [1.82, 2.24) is 14.5 Å². The van der Waals surface area contributed by atoms with Gasteiger partial charge >= 0.3 is 0 Å². The first kappa shape index (κ1) is 16.2. The van der Waals surface area contributed by atoms with E-state index >= 15 is 0 Å². The SMILES string of the molecule is CCO/C=N/c1c(C(N)=O)ncn1CCN(CC)CC. The van der Waals surface area contributed by atoms with Crippen molar-refractivity contribution in [2.45, 2.75) is 27.3 Å². The molecule has 0 aliphatic carbocycles. The Morgan fingerprint density at radius 2 is 2.20 bits per heavy atom. The molecule has 1 heterocycles. The van der Waals surface area contributed by atoms with Crippen LogP contribution in [0, 0.1) is 0 Å². The van der Waals surface area contributed by atoms with Crippen LogP contribution in [0.3, 0.4) is 0 Å². The Morgan fingerprint density at radius 1 is 1.50 bits per heavy atom. The van der Waals surface area contributed by atoms with Crippen LogP contribution in [0.15, 0.2) is 11.3 Å². The number of carbonyl (C=O) groups excluding carboxylic acids is 1. The van der Waals surface area contributed by atoms with Crippen molar-refractivity contribution in [2.24, 2.45) is 10.7 Å². The van der Waals surface area contributed by atoms with E-state index in [0.29, 0.717) is 19.0 Å². The highest BCUT2D eigenvalue weighted by atomic mass is 16.5. The van der Waals surface area contributed by atoms with E-state index in [1.807, 2.05) is 11.5 Å². The molecular formula is C13H23N5O2. The van der Waals surface area contributed by atoms with Crippen molar-refractivity contribution in [3.05, 3.63) is 12.0 Å². The molecule has 2 N–H and O–H groups in total. The third kappa shape index (κ3) is 4.34. The number of nitrogens with two attached hydrogens (primary N) is 1. The lowest BCUT2D eigenvalue weighted by atomic mass is 10.4. The molecule has 0 bridgehead atoms. The van der Waals surface area contributed by atoms with Crippen LogP contribution < -0.4 is 5.73 Å². The molecule has 1 aromatic rings. The first-order valence-corrected chi connectivity index (χ1v) is 6.85. The molecule has 0 fully saturated rings. The smallest absolute Gasteiger partial charge is 0.271 e. The Kier molecular flexibility index (Phi) is 6.72. The Balaban J connectivity index is 2.86. The van der Waals surface area contributed by atoms with Gasteiger partial charge in [0.2, 0.25) is 0 Å². The fourth-order valence-corrected chi connectivity index (χ4v) is 1.80. The first-order chi connectivity index (χ1) is 9.63. The molecule has 7 nitrogen and oxygen atoms in total. The van der Waals surface area contributed by atoms with Gasteiger partial charge in [-0.25, -0.2) is 9.98 Å². The van der Waals surface area contributed by atoms with Gasteiger partial charge in [0.15, 0.2) is 17.9 Å². The summed E-state index contributed by atoms with van der Waals surface area (Å²) in [4.78, 5) is 21.8. The Bertz CT molecular complexity index is 452. The van der Waals surface area contributed by atoms with Crippen LogP contribution in [0.2, 0.25) is 0 Å². The molecule has 7 heteroatoms. The second-order valence-corrected chi connectivity index (χ2v) is 4.19. The number of carbonyl (C=O) groups is 1. The zero-order chi connectivity index (χ0) is 15.0. The predicted octanol–water partition coefficient (Wildman–Crippen LogP) is 1.02. The second-order valence-electron chi connectivity index (χ2n) is 4.19. The minimum absolute atomic E-state index is 0.167. The number of imidazole rings is 1. The van der Waals surface area contributed by atoms with Gasteiger partial charge in [-0.3, -0.25) is 4.79 Å². The number of aliphatic imine (C=N–C) groups is 1. The Labute approximate surface area is 119 Å². The van der Waals surface area contributed by atoms with E-state index in [2.05, 4.69) is 28.7 Å².